The van der Waals surface area contributed by atoms with Crippen molar-refractivity contribution >= 4 is 17.6 Å². The van der Waals surface area contributed by atoms with Gasteiger partial charge in [-0.25, -0.2) is 4.79 Å². The van der Waals surface area contributed by atoms with Crippen LogP contribution in [0.15, 0.2) is 18.3 Å². The number of rotatable bonds is 2. The summed E-state index contributed by atoms with van der Waals surface area (Å²) >= 11 is 0. The number of carbonyl (C=O) groups excluding carboxylic acids is 1. The van der Waals surface area contributed by atoms with Crippen molar-refractivity contribution in [3.8, 4) is 0 Å². The van der Waals surface area contributed by atoms with Gasteiger partial charge in [0.15, 0.2) is 6.20 Å². The first-order chi connectivity index (χ1) is 10.7. The van der Waals surface area contributed by atoms with Crippen molar-refractivity contribution in [1.29, 1.82) is 0 Å². The number of carbonyl (C=O) groups is 1. The van der Waals surface area contributed by atoms with Crippen LogP contribution < -0.4 is 4.90 Å². The van der Waals surface area contributed by atoms with E-state index in [9.17, 15) is 14.9 Å². The zero-order valence-corrected chi connectivity index (χ0v) is 13.4. The highest BCUT2D eigenvalue weighted by Crippen LogP contribution is 2.35. The van der Waals surface area contributed by atoms with E-state index in [1.165, 1.54) is 12.3 Å². The lowest BCUT2D eigenvalue weighted by Crippen LogP contribution is -2.50. The van der Waals surface area contributed by atoms with Gasteiger partial charge in [-0.2, -0.15) is 0 Å². The van der Waals surface area contributed by atoms with E-state index < -0.39 is 10.5 Å². The van der Waals surface area contributed by atoms with Crippen molar-refractivity contribution in [1.82, 2.24) is 9.88 Å². The molecule has 8 heteroatoms. The molecule has 23 heavy (non-hydrogen) atoms. The Morgan fingerprint density at radius 3 is 2.57 bits per heavy atom. The highest BCUT2D eigenvalue weighted by atomic mass is 16.6. The molecule has 124 valence electrons. The first-order valence-electron chi connectivity index (χ1n) is 7.61. The van der Waals surface area contributed by atoms with E-state index in [2.05, 4.69) is 9.88 Å². The molecule has 0 saturated carbocycles. The first-order valence-corrected chi connectivity index (χ1v) is 7.61. The lowest BCUT2D eigenvalue weighted by atomic mass is 10.2. The number of piperazine rings is 1. The standard InChI is InChI=1S/C15H20N4O4/c1-15(2,3)23-14(20)18-9-11-6-12(18)8-17(11)10-4-5-13(16-7-10)19(21)22/h4-5,7,11-12H,6,8-9H2,1-3H3/t11-,12?/m1/s1. The van der Waals surface area contributed by atoms with Gasteiger partial charge in [-0.1, -0.05) is 0 Å². The van der Waals surface area contributed by atoms with Crippen molar-refractivity contribution in [2.45, 2.75) is 44.9 Å². The molecule has 2 fully saturated rings. The number of anilines is 1. The average Bonchev–Trinajstić information content (AvgIpc) is 3.05. The predicted octanol–water partition coefficient (Wildman–Crippen LogP) is 2.19. The molecular weight excluding hydrogens is 300 g/mol. The second-order valence-electron chi connectivity index (χ2n) is 6.96. The van der Waals surface area contributed by atoms with Gasteiger partial charge in [0, 0.05) is 25.2 Å². The van der Waals surface area contributed by atoms with E-state index in [-0.39, 0.29) is 24.0 Å². The maximum Gasteiger partial charge on any atom is 0.410 e. The van der Waals surface area contributed by atoms with Crippen molar-refractivity contribution in [3.05, 3.63) is 28.4 Å². The smallest absolute Gasteiger partial charge is 0.410 e. The SMILES string of the molecule is CC(C)(C)OC(=O)N1C[C@H]2CC1CN2c1ccc([N+](=O)[O-])nc1. The monoisotopic (exact) mass is 320 g/mol. The maximum absolute atomic E-state index is 12.2. The third-order valence-corrected chi connectivity index (χ3v) is 4.12. The summed E-state index contributed by atoms with van der Waals surface area (Å²) in [4.78, 5) is 30.2. The van der Waals surface area contributed by atoms with Crippen LogP contribution >= 0.6 is 0 Å². The molecule has 2 aliphatic heterocycles. The van der Waals surface area contributed by atoms with Gasteiger partial charge in [-0.15, -0.1) is 0 Å². The molecule has 2 bridgehead atoms. The first kappa shape index (κ1) is 15.5. The number of ether oxygens (including phenoxy) is 1. The van der Waals surface area contributed by atoms with Crippen molar-refractivity contribution < 1.29 is 14.5 Å². The summed E-state index contributed by atoms with van der Waals surface area (Å²) in [6.45, 7) is 6.87. The molecule has 3 heterocycles. The van der Waals surface area contributed by atoms with E-state index >= 15 is 0 Å². The van der Waals surface area contributed by atoms with Gasteiger partial charge < -0.3 is 24.7 Å². The highest BCUT2D eigenvalue weighted by molar-refractivity contribution is 5.70. The van der Waals surface area contributed by atoms with Crippen LogP contribution in [0.2, 0.25) is 0 Å². The molecule has 0 aromatic carbocycles. The van der Waals surface area contributed by atoms with Gasteiger partial charge in [-0.3, -0.25) is 0 Å². The molecule has 1 amide bonds. The van der Waals surface area contributed by atoms with Crippen LogP contribution in [0, 0.1) is 10.1 Å². The summed E-state index contributed by atoms with van der Waals surface area (Å²) < 4.78 is 5.44. The van der Waals surface area contributed by atoms with E-state index in [1.807, 2.05) is 20.8 Å². The van der Waals surface area contributed by atoms with Crippen LogP contribution in [-0.2, 0) is 4.74 Å². The van der Waals surface area contributed by atoms with Gasteiger partial charge in [0.25, 0.3) is 0 Å². The lowest BCUT2D eigenvalue weighted by molar-refractivity contribution is -0.389. The Morgan fingerprint density at radius 2 is 2.09 bits per heavy atom. The van der Waals surface area contributed by atoms with Gasteiger partial charge >= 0.3 is 11.9 Å². The fourth-order valence-electron chi connectivity index (χ4n) is 3.18. The molecule has 2 saturated heterocycles. The molecule has 0 N–H and O–H groups in total. The fourth-order valence-corrected chi connectivity index (χ4v) is 3.18. The Bertz CT molecular complexity index is 625. The third-order valence-electron chi connectivity index (χ3n) is 4.12. The highest BCUT2D eigenvalue weighted by Gasteiger charge is 2.46. The molecular formula is C15H20N4O4. The maximum atomic E-state index is 12.2. The molecule has 3 rings (SSSR count). The minimum Gasteiger partial charge on any atom is -0.444 e. The summed E-state index contributed by atoms with van der Waals surface area (Å²) in [5.41, 5.74) is 0.355. The number of hydrogen-bond acceptors (Lipinski definition) is 6. The van der Waals surface area contributed by atoms with Gasteiger partial charge in [0.05, 0.1) is 11.7 Å². The van der Waals surface area contributed by atoms with E-state index in [0.29, 0.717) is 13.1 Å². The quantitative estimate of drug-likeness (QED) is 0.613. The molecule has 0 radical (unpaired) electrons. The summed E-state index contributed by atoms with van der Waals surface area (Å²) in [6.07, 6.45) is 2.14. The van der Waals surface area contributed by atoms with Crippen molar-refractivity contribution in [3.63, 3.8) is 0 Å². The number of nitro groups is 1. The lowest BCUT2D eigenvalue weighted by Gasteiger charge is -2.35. The van der Waals surface area contributed by atoms with Crippen LogP contribution in [0.5, 0.6) is 0 Å². The van der Waals surface area contributed by atoms with E-state index in [1.54, 1.807) is 11.0 Å². The minimum absolute atomic E-state index is 0.116. The van der Waals surface area contributed by atoms with Crippen LogP contribution in [0.25, 0.3) is 0 Å². The molecule has 1 aromatic heterocycles. The Balaban J connectivity index is 1.66. The van der Waals surface area contributed by atoms with Gasteiger partial charge in [0.1, 0.15) is 5.60 Å². The molecule has 1 aromatic rings. The van der Waals surface area contributed by atoms with E-state index in [0.717, 1.165) is 12.1 Å². The Labute approximate surface area is 134 Å². The number of fused-ring (bicyclic) bond motifs is 2. The molecule has 2 atom stereocenters. The third kappa shape index (κ3) is 3.06. The second-order valence-corrected chi connectivity index (χ2v) is 6.96. The molecule has 2 aliphatic rings. The summed E-state index contributed by atoms with van der Waals surface area (Å²) in [6, 6.07) is 3.44. The van der Waals surface area contributed by atoms with Crippen LogP contribution in [0.3, 0.4) is 0 Å². The van der Waals surface area contributed by atoms with E-state index in [4.69, 9.17) is 4.74 Å². The second kappa shape index (κ2) is 5.36. The van der Waals surface area contributed by atoms with Crippen molar-refractivity contribution in [2.24, 2.45) is 0 Å². The summed E-state index contributed by atoms with van der Waals surface area (Å²) in [7, 11) is 0. The zero-order chi connectivity index (χ0) is 16.8. The summed E-state index contributed by atoms with van der Waals surface area (Å²) in [5.74, 6) is -0.159. The Hall–Kier alpha value is -2.38. The topological polar surface area (TPSA) is 88.8 Å². The number of likely N-dealkylation sites (tertiary alicyclic amines) is 1. The number of pyridine rings is 1. The minimum atomic E-state index is -0.510. The van der Waals surface area contributed by atoms with Gasteiger partial charge in [-0.05, 0) is 43.2 Å². The average molecular weight is 320 g/mol. The number of nitrogens with zero attached hydrogens (tertiary/aromatic N) is 4. The van der Waals surface area contributed by atoms with Crippen LogP contribution in [0.4, 0.5) is 16.3 Å². The van der Waals surface area contributed by atoms with Crippen LogP contribution in [0.1, 0.15) is 27.2 Å². The number of amides is 1. The zero-order valence-electron chi connectivity index (χ0n) is 13.4. The van der Waals surface area contributed by atoms with Gasteiger partial charge in [0.2, 0.25) is 0 Å². The Kier molecular flexibility index (Phi) is 3.62. The molecule has 8 nitrogen and oxygen atoms in total. The normalized spacial score (nSPS) is 23.3. The molecule has 0 spiro atoms. The fraction of sp³-hybridized carbons (Fsp3) is 0.600. The van der Waals surface area contributed by atoms with Crippen molar-refractivity contribution in [2.75, 3.05) is 18.0 Å². The number of hydrogen-bond donors (Lipinski definition) is 0. The van der Waals surface area contributed by atoms with Crippen LogP contribution in [-0.4, -0.2) is 51.7 Å². The predicted molar refractivity (Wildman–Crippen MR) is 83.4 cm³/mol. The Morgan fingerprint density at radius 1 is 1.35 bits per heavy atom. The summed E-state index contributed by atoms with van der Waals surface area (Å²) in [5, 5.41) is 10.7. The molecule has 1 unspecified atom stereocenters. The number of aromatic nitrogens is 1. The largest absolute Gasteiger partial charge is 0.444 e. The molecule has 0 aliphatic carbocycles.